The van der Waals surface area contributed by atoms with Gasteiger partial charge in [0.15, 0.2) is 0 Å². The highest BCUT2D eigenvalue weighted by Gasteiger charge is 2.76. The molecule has 5 fully saturated rings. The first kappa shape index (κ1) is 21.4. The highest BCUT2D eigenvalue weighted by Crippen LogP contribution is 2.78. The van der Waals surface area contributed by atoms with Crippen molar-refractivity contribution in [3.05, 3.63) is 0 Å². The van der Waals surface area contributed by atoms with E-state index in [1.165, 1.54) is 51.4 Å². The number of hydrogen-bond acceptors (Lipinski definition) is 4. The Hall–Kier alpha value is -0.450. The first-order valence-electron chi connectivity index (χ1n) is 12.6. The monoisotopic (exact) mass is 418 g/mol. The summed E-state index contributed by atoms with van der Waals surface area (Å²) in [5.74, 6) is 2.39. The second kappa shape index (κ2) is 7.56. The molecule has 0 heterocycles. The highest BCUT2D eigenvalue weighted by molar-refractivity contribution is 5.88. The summed E-state index contributed by atoms with van der Waals surface area (Å²) in [4.78, 5) is 14.4. The number of ketones is 1. The molecule has 5 rings (SSSR count). The molecule has 0 radical (unpaired) electrons. The minimum absolute atomic E-state index is 0.107. The summed E-state index contributed by atoms with van der Waals surface area (Å²) in [6.45, 7) is 4.94. The van der Waals surface area contributed by atoms with Crippen molar-refractivity contribution < 1.29 is 19.0 Å². The smallest absolute Gasteiger partial charge is 0.146 e. The molecule has 0 aromatic carbocycles. The SMILES string of the molecule is COCO[C@@H]1C[C@@](C)(C2CCCCC2)C(=O)[C@H](C)C23CC[C@H]4C[C@]41C2[C@H](OC)CC3. The van der Waals surface area contributed by atoms with Crippen molar-refractivity contribution >= 4 is 5.78 Å². The summed E-state index contributed by atoms with van der Waals surface area (Å²) in [6, 6.07) is 0. The van der Waals surface area contributed by atoms with Crippen molar-refractivity contribution in [2.45, 2.75) is 96.7 Å². The zero-order valence-corrected chi connectivity index (χ0v) is 19.6. The van der Waals surface area contributed by atoms with Gasteiger partial charge in [0, 0.05) is 31.0 Å². The number of ether oxygens (including phenoxy) is 3. The maximum atomic E-state index is 14.4. The second-order valence-corrected chi connectivity index (χ2v) is 11.7. The summed E-state index contributed by atoms with van der Waals surface area (Å²) >= 11 is 0. The van der Waals surface area contributed by atoms with Crippen LogP contribution >= 0.6 is 0 Å². The Morgan fingerprint density at radius 2 is 1.70 bits per heavy atom. The number of carbonyl (C=O) groups excluding carboxylic acids is 1. The maximum absolute atomic E-state index is 14.4. The van der Waals surface area contributed by atoms with Gasteiger partial charge in [-0.2, -0.15) is 0 Å². The van der Waals surface area contributed by atoms with Crippen LogP contribution in [0.5, 0.6) is 0 Å². The van der Waals surface area contributed by atoms with Gasteiger partial charge in [0.1, 0.15) is 12.6 Å². The lowest BCUT2D eigenvalue weighted by Gasteiger charge is -2.56. The van der Waals surface area contributed by atoms with E-state index in [1.54, 1.807) is 7.11 Å². The molecule has 4 heteroatoms. The summed E-state index contributed by atoms with van der Waals surface area (Å²) in [7, 11) is 3.60. The third-order valence-electron chi connectivity index (χ3n) is 10.8. The van der Waals surface area contributed by atoms with Gasteiger partial charge in [-0.25, -0.2) is 0 Å². The number of methoxy groups -OCH3 is 2. The lowest BCUT2D eigenvalue weighted by molar-refractivity contribution is -0.187. The lowest BCUT2D eigenvalue weighted by Crippen LogP contribution is -2.58. The van der Waals surface area contributed by atoms with Gasteiger partial charge in [0.05, 0.1) is 12.2 Å². The molecule has 8 atom stereocenters. The average molecular weight is 419 g/mol. The molecule has 4 nitrogen and oxygen atoms in total. The van der Waals surface area contributed by atoms with Gasteiger partial charge in [0.25, 0.3) is 0 Å². The quantitative estimate of drug-likeness (QED) is 0.562. The van der Waals surface area contributed by atoms with E-state index < -0.39 is 0 Å². The Labute approximate surface area is 182 Å². The molecule has 0 aromatic rings. The van der Waals surface area contributed by atoms with E-state index in [0.29, 0.717) is 24.4 Å². The molecule has 170 valence electrons. The van der Waals surface area contributed by atoms with E-state index in [2.05, 4.69) is 13.8 Å². The van der Waals surface area contributed by atoms with Crippen LogP contribution in [0.15, 0.2) is 0 Å². The summed E-state index contributed by atoms with van der Waals surface area (Å²) in [5.41, 5.74) is 0.0352. The normalized spacial score (nSPS) is 51.1. The van der Waals surface area contributed by atoms with Crippen LogP contribution in [0.3, 0.4) is 0 Å². The fourth-order valence-electron chi connectivity index (χ4n) is 9.28. The van der Waals surface area contributed by atoms with Crippen LogP contribution < -0.4 is 0 Å². The van der Waals surface area contributed by atoms with Gasteiger partial charge < -0.3 is 14.2 Å². The van der Waals surface area contributed by atoms with E-state index in [-0.39, 0.29) is 34.4 Å². The fraction of sp³-hybridized carbons (Fsp3) is 0.962. The van der Waals surface area contributed by atoms with Crippen LogP contribution in [-0.4, -0.2) is 39.0 Å². The molecule has 0 saturated heterocycles. The molecule has 0 aromatic heterocycles. The average Bonchev–Trinajstić information content (AvgIpc) is 3.40. The van der Waals surface area contributed by atoms with Crippen LogP contribution in [-0.2, 0) is 19.0 Å². The molecule has 1 spiro atoms. The van der Waals surface area contributed by atoms with Crippen molar-refractivity contribution in [1.29, 1.82) is 0 Å². The minimum Gasteiger partial charge on any atom is -0.381 e. The van der Waals surface area contributed by atoms with Crippen LogP contribution in [0.4, 0.5) is 0 Å². The molecular formula is C26H42O4. The van der Waals surface area contributed by atoms with Crippen molar-refractivity contribution in [3.63, 3.8) is 0 Å². The number of carbonyl (C=O) groups is 1. The van der Waals surface area contributed by atoms with E-state index in [9.17, 15) is 4.79 Å². The number of hydrogen-bond donors (Lipinski definition) is 0. The first-order valence-corrected chi connectivity index (χ1v) is 12.6. The van der Waals surface area contributed by atoms with Crippen LogP contribution in [0.2, 0.25) is 0 Å². The van der Waals surface area contributed by atoms with Crippen molar-refractivity contribution in [2.24, 2.45) is 39.9 Å². The minimum atomic E-state index is -0.265. The molecule has 5 aliphatic rings. The van der Waals surface area contributed by atoms with Gasteiger partial charge in [-0.15, -0.1) is 0 Å². The van der Waals surface area contributed by atoms with Gasteiger partial charge in [-0.3, -0.25) is 4.79 Å². The van der Waals surface area contributed by atoms with E-state index in [4.69, 9.17) is 14.2 Å². The third-order valence-corrected chi connectivity index (χ3v) is 10.8. The fourth-order valence-corrected chi connectivity index (χ4v) is 9.28. The Morgan fingerprint density at radius 1 is 0.967 bits per heavy atom. The van der Waals surface area contributed by atoms with Crippen LogP contribution in [0, 0.1) is 39.9 Å². The first-order chi connectivity index (χ1) is 14.4. The Kier molecular flexibility index (Phi) is 5.39. The zero-order valence-electron chi connectivity index (χ0n) is 19.6. The number of Topliss-reactive ketones (excluding diaryl/α,β-unsaturated/α-hetero) is 1. The summed E-state index contributed by atoms with van der Waals surface area (Å²) in [5, 5.41) is 0. The van der Waals surface area contributed by atoms with Gasteiger partial charge in [-0.05, 0) is 74.5 Å². The maximum Gasteiger partial charge on any atom is 0.146 e. The van der Waals surface area contributed by atoms with Crippen LogP contribution in [0.1, 0.15) is 84.5 Å². The van der Waals surface area contributed by atoms with E-state index in [0.717, 1.165) is 25.2 Å². The van der Waals surface area contributed by atoms with Crippen LogP contribution in [0.25, 0.3) is 0 Å². The largest absolute Gasteiger partial charge is 0.381 e. The predicted molar refractivity (Wildman–Crippen MR) is 116 cm³/mol. The molecule has 0 amide bonds. The molecular weight excluding hydrogens is 376 g/mol. The molecule has 5 saturated carbocycles. The Morgan fingerprint density at radius 3 is 2.40 bits per heavy atom. The topological polar surface area (TPSA) is 44.8 Å². The summed E-state index contributed by atoms with van der Waals surface area (Å²) in [6.07, 6.45) is 13.5. The molecule has 5 aliphatic carbocycles. The second-order valence-electron chi connectivity index (χ2n) is 11.7. The van der Waals surface area contributed by atoms with Gasteiger partial charge >= 0.3 is 0 Å². The third kappa shape index (κ3) is 2.78. The zero-order chi connectivity index (χ0) is 21.1. The molecule has 2 unspecified atom stereocenters. The van der Waals surface area contributed by atoms with Crippen molar-refractivity contribution in [3.8, 4) is 0 Å². The highest BCUT2D eigenvalue weighted by atomic mass is 16.7. The van der Waals surface area contributed by atoms with Crippen molar-refractivity contribution in [2.75, 3.05) is 21.0 Å². The van der Waals surface area contributed by atoms with E-state index >= 15 is 0 Å². The summed E-state index contributed by atoms with van der Waals surface area (Å²) < 4.78 is 18.0. The predicted octanol–water partition coefficient (Wildman–Crippen LogP) is 5.38. The van der Waals surface area contributed by atoms with E-state index in [1.807, 2.05) is 7.11 Å². The molecule has 0 N–H and O–H groups in total. The van der Waals surface area contributed by atoms with Gasteiger partial charge in [-0.1, -0.05) is 33.1 Å². The molecule has 30 heavy (non-hydrogen) atoms. The Balaban J connectivity index is 1.60. The standard InChI is InChI=1S/C26H42O4/c1-17-23(27)24(2,18-8-6-5-7-9-18)15-21(30-16-28-3)26-14-19(26)10-12-25(17)13-11-20(29-4)22(25)26/h17-22H,5-16H2,1-4H3/t17-,19-,20+,21+,22?,24-,25?,26-/m0/s1. The van der Waals surface area contributed by atoms with Gasteiger partial charge in [0.2, 0.25) is 0 Å². The Bertz CT molecular complexity index is 672. The number of rotatable bonds is 5. The van der Waals surface area contributed by atoms with Crippen molar-refractivity contribution in [1.82, 2.24) is 0 Å². The molecule has 0 aliphatic heterocycles. The molecule has 2 bridgehead atoms. The lowest BCUT2D eigenvalue weighted by atomic mass is 9.48.